The van der Waals surface area contributed by atoms with Crippen LogP contribution in [0.2, 0.25) is 0 Å². The van der Waals surface area contributed by atoms with Crippen molar-refractivity contribution in [1.29, 1.82) is 0 Å². The molecule has 0 unspecified atom stereocenters. The first kappa shape index (κ1) is 14.2. The summed E-state index contributed by atoms with van der Waals surface area (Å²) in [5.41, 5.74) is 1.14. The molecule has 19 heavy (non-hydrogen) atoms. The second-order valence-corrected chi connectivity index (χ2v) is 4.96. The van der Waals surface area contributed by atoms with Crippen LogP contribution in [0.1, 0.15) is 5.56 Å². The van der Waals surface area contributed by atoms with Gasteiger partial charge in [-0.25, -0.2) is 4.98 Å². The summed E-state index contributed by atoms with van der Waals surface area (Å²) in [6.07, 6.45) is 1.82. The van der Waals surface area contributed by atoms with Gasteiger partial charge in [0.2, 0.25) is 0 Å². The quantitative estimate of drug-likeness (QED) is 0.803. The van der Waals surface area contributed by atoms with Crippen molar-refractivity contribution in [3.8, 4) is 0 Å². The van der Waals surface area contributed by atoms with Gasteiger partial charge in [-0.15, -0.1) is 0 Å². The molecule has 104 valence electrons. The summed E-state index contributed by atoms with van der Waals surface area (Å²) in [5.74, 6) is 0.773. The Labute approximate surface area is 119 Å². The molecule has 0 aliphatic carbocycles. The molecular formula is C13H20N4OS. The minimum Gasteiger partial charge on any atom is -0.379 e. The fourth-order valence-electron chi connectivity index (χ4n) is 1.85. The lowest BCUT2D eigenvalue weighted by molar-refractivity contribution is 0.0389. The lowest BCUT2D eigenvalue weighted by Crippen LogP contribution is -2.42. The number of pyridine rings is 1. The van der Waals surface area contributed by atoms with Gasteiger partial charge in [-0.3, -0.25) is 4.90 Å². The van der Waals surface area contributed by atoms with Gasteiger partial charge >= 0.3 is 0 Å². The Hall–Kier alpha value is -1.24. The van der Waals surface area contributed by atoms with Crippen LogP contribution in [0.4, 0.5) is 5.82 Å². The van der Waals surface area contributed by atoms with Crippen LogP contribution in [-0.4, -0.2) is 54.4 Å². The fraction of sp³-hybridized carbons (Fsp3) is 0.538. The molecule has 0 bridgehead atoms. The first-order valence-corrected chi connectivity index (χ1v) is 6.92. The number of thiocarbonyl (C=S) groups is 1. The zero-order valence-electron chi connectivity index (χ0n) is 11.2. The van der Waals surface area contributed by atoms with E-state index in [1.54, 1.807) is 0 Å². The van der Waals surface area contributed by atoms with Gasteiger partial charge < -0.3 is 15.4 Å². The highest BCUT2D eigenvalue weighted by Crippen LogP contribution is 2.03. The Kier molecular flexibility index (Phi) is 5.50. The number of hydrogen-bond donors (Lipinski definition) is 2. The Morgan fingerprint density at radius 1 is 1.42 bits per heavy atom. The highest BCUT2D eigenvalue weighted by molar-refractivity contribution is 7.80. The van der Waals surface area contributed by atoms with E-state index in [0.29, 0.717) is 5.11 Å². The van der Waals surface area contributed by atoms with E-state index in [0.717, 1.165) is 50.8 Å². The number of aromatic nitrogens is 1. The lowest BCUT2D eigenvalue weighted by atomic mass is 10.3. The Morgan fingerprint density at radius 2 is 2.21 bits per heavy atom. The van der Waals surface area contributed by atoms with Crippen LogP contribution < -0.4 is 10.6 Å². The standard InChI is InChI=1S/C13H20N4OS/c1-11-2-3-12(15-10-11)16-13(19)14-4-5-17-6-8-18-9-7-17/h2-3,10H,4-9H2,1H3,(H2,14,15,16,19). The smallest absolute Gasteiger partial charge is 0.171 e. The van der Waals surface area contributed by atoms with Gasteiger partial charge in [-0.2, -0.15) is 0 Å². The molecule has 0 aromatic carbocycles. The Morgan fingerprint density at radius 3 is 2.89 bits per heavy atom. The zero-order valence-corrected chi connectivity index (χ0v) is 12.0. The molecule has 1 aromatic rings. The van der Waals surface area contributed by atoms with Crippen LogP contribution in [0.3, 0.4) is 0 Å². The molecule has 1 fully saturated rings. The number of hydrogen-bond acceptors (Lipinski definition) is 4. The van der Waals surface area contributed by atoms with E-state index in [-0.39, 0.29) is 0 Å². The molecular weight excluding hydrogens is 260 g/mol. The minimum atomic E-state index is 0.615. The lowest BCUT2D eigenvalue weighted by Gasteiger charge is -2.26. The number of anilines is 1. The van der Waals surface area contributed by atoms with Crippen LogP contribution in [-0.2, 0) is 4.74 Å². The van der Waals surface area contributed by atoms with Crippen molar-refractivity contribution in [1.82, 2.24) is 15.2 Å². The predicted molar refractivity (Wildman–Crippen MR) is 80.5 cm³/mol. The summed E-state index contributed by atoms with van der Waals surface area (Å²) in [6.45, 7) is 7.48. The monoisotopic (exact) mass is 280 g/mol. The van der Waals surface area contributed by atoms with Crippen molar-refractivity contribution in [3.05, 3.63) is 23.9 Å². The van der Waals surface area contributed by atoms with Gasteiger partial charge in [-0.1, -0.05) is 6.07 Å². The Balaban J connectivity index is 1.65. The van der Waals surface area contributed by atoms with Crippen molar-refractivity contribution < 1.29 is 4.74 Å². The van der Waals surface area contributed by atoms with Crippen LogP contribution in [0.5, 0.6) is 0 Å². The van der Waals surface area contributed by atoms with E-state index in [2.05, 4.69) is 20.5 Å². The molecule has 0 saturated carbocycles. The number of ether oxygens (including phenoxy) is 1. The summed E-state index contributed by atoms with van der Waals surface area (Å²) in [5, 5.41) is 6.88. The summed E-state index contributed by atoms with van der Waals surface area (Å²) in [7, 11) is 0. The summed E-state index contributed by atoms with van der Waals surface area (Å²) >= 11 is 5.23. The first-order valence-electron chi connectivity index (χ1n) is 6.51. The normalized spacial score (nSPS) is 16.1. The van der Waals surface area contributed by atoms with Crippen molar-refractivity contribution in [2.24, 2.45) is 0 Å². The maximum atomic E-state index is 5.31. The number of nitrogens with zero attached hydrogens (tertiary/aromatic N) is 2. The second-order valence-electron chi connectivity index (χ2n) is 4.56. The van der Waals surface area contributed by atoms with E-state index in [1.165, 1.54) is 0 Å². The molecule has 1 aliphatic rings. The van der Waals surface area contributed by atoms with Crippen LogP contribution in [0, 0.1) is 6.92 Å². The third kappa shape index (κ3) is 5.10. The summed E-state index contributed by atoms with van der Waals surface area (Å²) in [6, 6.07) is 3.93. The predicted octanol–water partition coefficient (Wildman–Crippen LogP) is 1.01. The number of nitrogens with one attached hydrogen (secondary N) is 2. The van der Waals surface area contributed by atoms with Crippen molar-refractivity contribution in [2.75, 3.05) is 44.7 Å². The fourth-order valence-corrected chi connectivity index (χ4v) is 2.06. The molecule has 6 heteroatoms. The summed E-state index contributed by atoms with van der Waals surface area (Å²) in [4.78, 5) is 6.61. The topological polar surface area (TPSA) is 49.4 Å². The molecule has 0 radical (unpaired) electrons. The SMILES string of the molecule is Cc1ccc(NC(=S)NCCN2CCOCC2)nc1. The van der Waals surface area contributed by atoms with Crippen LogP contribution in [0.25, 0.3) is 0 Å². The third-order valence-electron chi connectivity index (χ3n) is 2.97. The van der Waals surface area contributed by atoms with Gasteiger partial charge in [-0.05, 0) is 30.8 Å². The number of morpholine rings is 1. The number of aryl methyl sites for hydroxylation is 1. The molecule has 5 nitrogen and oxygen atoms in total. The first-order chi connectivity index (χ1) is 9.24. The molecule has 1 saturated heterocycles. The molecule has 2 rings (SSSR count). The van der Waals surface area contributed by atoms with E-state index in [9.17, 15) is 0 Å². The second kappa shape index (κ2) is 7.37. The van der Waals surface area contributed by atoms with Gasteiger partial charge in [0.1, 0.15) is 5.82 Å². The highest BCUT2D eigenvalue weighted by Gasteiger charge is 2.09. The molecule has 1 aromatic heterocycles. The molecule has 2 heterocycles. The van der Waals surface area contributed by atoms with Crippen molar-refractivity contribution >= 4 is 23.1 Å². The van der Waals surface area contributed by atoms with Gasteiger partial charge in [0.05, 0.1) is 13.2 Å². The largest absolute Gasteiger partial charge is 0.379 e. The maximum Gasteiger partial charge on any atom is 0.171 e. The minimum absolute atomic E-state index is 0.615. The van der Waals surface area contributed by atoms with E-state index >= 15 is 0 Å². The van der Waals surface area contributed by atoms with Crippen LogP contribution >= 0.6 is 12.2 Å². The zero-order chi connectivity index (χ0) is 13.5. The Bertz CT molecular complexity index is 404. The van der Waals surface area contributed by atoms with E-state index in [1.807, 2.05) is 25.3 Å². The molecule has 0 atom stereocenters. The average molecular weight is 280 g/mol. The van der Waals surface area contributed by atoms with Gasteiger partial charge in [0.15, 0.2) is 5.11 Å². The van der Waals surface area contributed by atoms with Crippen LogP contribution in [0.15, 0.2) is 18.3 Å². The van der Waals surface area contributed by atoms with Gasteiger partial charge in [0, 0.05) is 32.4 Å². The molecule has 0 amide bonds. The molecule has 2 N–H and O–H groups in total. The average Bonchev–Trinajstić information content (AvgIpc) is 2.43. The highest BCUT2D eigenvalue weighted by atomic mass is 32.1. The number of rotatable bonds is 4. The van der Waals surface area contributed by atoms with Crippen molar-refractivity contribution in [2.45, 2.75) is 6.92 Å². The summed E-state index contributed by atoms with van der Waals surface area (Å²) < 4.78 is 5.31. The van der Waals surface area contributed by atoms with E-state index < -0.39 is 0 Å². The van der Waals surface area contributed by atoms with Crippen molar-refractivity contribution in [3.63, 3.8) is 0 Å². The third-order valence-corrected chi connectivity index (χ3v) is 3.22. The molecule has 0 spiro atoms. The van der Waals surface area contributed by atoms with Gasteiger partial charge in [0.25, 0.3) is 0 Å². The van der Waals surface area contributed by atoms with E-state index in [4.69, 9.17) is 17.0 Å². The maximum absolute atomic E-state index is 5.31. The molecule has 1 aliphatic heterocycles.